The number of rotatable bonds is 44. The fourth-order valence-electron chi connectivity index (χ4n) is 9.08. The third-order valence-corrected chi connectivity index (χ3v) is 18.8. The van der Waals surface area contributed by atoms with Crippen LogP contribution in [0, 0.1) is 27.7 Å². The van der Waals surface area contributed by atoms with Gasteiger partial charge in [-0.3, -0.25) is 27.3 Å². The van der Waals surface area contributed by atoms with Crippen LogP contribution in [-0.2, 0) is 60.7 Å². The molecule has 43 heteroatoms. The van der Waals surface area contributed by atoms with Crippen molar-refractivity contribution < 1.29 is 121 Å². The van der Waals surface area contributed by atoms with Crippen molar-refractivity contribution in [2.45, 2.75) is 80.1 Å². The summed E-state index contributed by atoms with van der Waals surface area (Å²) < 4.78 is 241. The highest BCUT2D eigenvalue weighted by Gasteiger charge is 2.21. The first-order valence-electron chi connectivity index (χ1n) is 32.1. The van der Waals surface area contributed by atoms with E-state index in [4.69, 9.17) is 37.9 Å². The van der Waals surface area contributed by atoms with Crippen molar-refractivity contribution >= 4 is 124 Å². The van der Waals surface area contributed by atoms with Crippen LogP contribution in [0.15, 0.2) is 126 Å². The monoisotopic (exact) mass is 1600 g/mol. The van der Waals surface area contributed by atoms with Gasteiger partial charge in [-0.25, -0.2) is 4.79 Å². The lowest BCUT2D eigenvalue weighted by atomic mass is 10.1. The van der Waals surface area contributed by atoms with Crippen molar-refractivity contribution in [1.29, 1.82) is 0 Å². The van der Waals surface area contributed by atoms with E-state index in [9.17, 15) is 82.6 Å². The molecule has 0 atom stereocenters. The van der Waals surface area contributed by atoms with Crippen molar-refractivity contribution in [2.75, 3.05) is 98.0 Å². The molecule has 0 radical (unpaired) electrons. The molecule has 0 bridgehead atoms. The van der Waals surface area contributed by atoms with E-state index in [1.807, 2.05) is 0 Å². The lowest BCUT2D eigenvalue weighted by molar-refractivity contribution is 0.261. The highest BCUT2D eigenvalue weighted by Crippen LogP contribution is 2.43. The smallest absolute Gasteiger partial charge is 0.323 e. The average Bonchev–Trinajstić information content (AvgIpc) is 0.821. The Kier molecular flexibility index (Phi) is 31.9. The van der Waals surface area contributed by atoms with E-state index >= 15 is 0 Å². The quantitative estimate of drug-likeness (QED) is 0.0100. The number of anilines is 2. The molecule has 0 spiro atoms. The maximum Gasteiger partial charge on any atom is 0.323 e. The van der Waals surface area contributed by atoms with E-state index in [1.54, 1.807) is 53.7 Å². The lowest BCUT2D eigenvalue weighted by Crippen LogP contribution is -2.21. The molecule has 580 valence electrons. The van der Waals surface area contributed by atoms with E-state index in [0.29, 0.717) is 47.0 Å². The minimum absolute atomic E-state index is 0.00549. The molecule has 8 N–H and O–H groups in total. The highest BCUT2D eigenvalue weighted by atomic mass is 32.2. The molecule has 0 aliphatic rings. The summed E-state index contributed by atoms with van der Waals surface area (Å²) in [6.45, 7) is 9.15. The normalized spacial score (nSPS) is 12.5. The van der Waals surface area contributed by atoms with Crippen LogP contribution < -0.4 is 48.5 Å². The number of urea groups is 1. The highest BCUT2D eigenvalue weighted by molar-refractivity contribution is 7.87. The maximum atomic E-state index is 14.2. The van der Waals surface area contributed by atoms with Gasteiger partial charge in [-0.1, -0.05) is 0 Å². The number of amides is 2. The Morgan fingerprint density at radius 2 is 0.528 bits per heavy atom. The van der Waals surface area contributed by atoms with E-state index < -0.39 is 101 Å². The van der Waals surface area contributed by atoms with Crippen molar-refractivity contribution in [3.63, 3.8) is 0 Å². The van der Waals surface area contributed by atoms with Gasteiger partial charge in [0, 0.05) is 36.4 Å². The molecule has 6 aromatic carbocycles. The Morgan fingerprint density at radius 3 is 0.792 bits per heavy atom. The van der Waals surface area contributed by atoms with Crippen molar-refractivity contribution in [2.24, 2.45) is 40.9 Å². The topological polar surface area (TPSA) is 540 Å². The molecule has 0 aromatic heterocycles. The number of azo groups is 4. The number of aryl methyl sites for hydroxylation is 4. The van der Waals surface area contributed by atoms with Gasteiger partial charge in [0.25, 0.3) is 60.7 Å². The summed E-state index contributed by atoms with van der Waals surface area (Å²) in [5.74, 6) is -2.91. The SMILES string of the molecule is CCOc1ccc(N=Nc2cc(OCCCS(=O)(=O)O)c(N=Nc3cc(OCCCS(=O)(=O)O)c(NC(=O)Nc4cc(C)c(/N=N\c5cc(C)c(N=Nc6ccc(OCC)cc6OCCCS(=O)(=O)O)cc5OCCCS(=O)(=O)O)cc4OCCCS(=O)(=O)O)cc3C)cc2C)c(OCCCS(=O)(=O)O)c1. The number of benzene rings is 6. The van der Waals surface area contributed by atoms with Crippen LogP contribution in [0.25, 0.3) is 0 Å². The predicted octanol–water partition coefficient (Wildman–Crippen LogP) is 13.0. The Morgan fingerprint density at radius 1 is 0.302 bits per heavy atom. The third kappa shape index (κ3) is 31.5. The zero-order valence-corrected chi connectivity index (χ0v) is 62.9. The molecule has 6 aromatic rings. The molecule has 0 fully saturated rings. The summed E-state index contributed by atoms with van der Waals surface area (Å²) in [5, 5.41) is 40.6. The summed E-state index contributed by atoms with van der Waals surface area (Å²) in [6.07, 6.45) is -0.935. The van der Waals surface area contributed by atoms with Gasteiger partial charge < -0.3 is 48.5 Å². The zero-order chi connectivity index (χ0) is 78.0. The predicted molar refractivity (Wildman–Crippen MR) is 388 cm³/mol. The van der Waals surface area contributed by atoms with Gasteiger partial charge in [0.15, 0.2) is 0 Å². The van der Waals surface area contributed by atoms with E-state index in [-0.39, 0.29) is 170 Å². The van der Waals surface area contributed by atoms with Gasteiger partial charge in [-0.15, -0.1) is 20.5 Å². The van der Waals surface area contributed by atoms with E-state index in [0.717, 1.165) is 0 Å². The molecule has 106 heavy (non-hydrogen) atoms. The summed E-state index contributed by atoms with van der Waals surface area (Å²) in [5.41, 5.74) is 2.71. The Labute approximate surface area is 612 Å². The number of ether oxygens (including phenoxy) is 8. The maximum absolute atomic E-state index is 14.2. The first-order chi connectivity index (χ1) is 49.7. The van der Waals surface area contributed by atoms with Crippen molar-refractivity contribution in [1.82, 2.24) is 0 Å². The second-order valence-corrected chi connectivity index (χ2v) is 32.3. The number of nitrogens with zero attached hydrogens (tertiary/aromatic N) is 8. The Hall–Kier alpha value is -9.15. The summed E-state index contributed by atoms with van der Waals surface area (Å²) in [7, 11) is -26.2. The second-order valence-electron chi connectivity index (χ2n) is 22.9. The first kappa shape index (κ1) is 85.8. The number of carbonyl (C=O) groups excluding carboxylic acids is 1. The molecule has 37 nitrogen and oxygen atoms in total. The van der Waals surface area contributed by atoms with Gasteiger partial charge in [-0.05, 0) is 151 Å². The van der Waals surface area contributed by atoms with Crippen LogP contribution in [0.3, 0.4) is 0 Å². The fourth-order valence-corrected chi connectivity index (χ4v) is 12.0. The van der Waals surface area contributed by atoms with Crippen LogP contribution in [0.5, 0.6) is 46.0 Å². The number of hydrogen-bond donors (Lipinski definition) is 8. The standard InChI is InChI=1S/C63H80N10O27S6/c1-7-93-45-15-17-47(57(35-45)95-19-9-25-101(75,76)77)66-68-51-39-61(99-23-13-29-105(87,88)89)55(33-43(51)5)72-70-49-37-59(97-21-11-27-103(81,82)83)53(31-41(49)3)64-63(74)65-54-32-42(4)50(38-60(54)98-22-12-28-104(84,85)86)71-73-56-34-44(6)52(40-62(56)100-24-14-30-106(90,91)92)69-67-48-18-16-46(94-8-2)36-58(48)96-20-10-26-102(78,79)80/h15-18,31-40H,7-14,19-30H2,1-6H3,(H2,64,65,74)(H,75,76,77)(H,78,79,80)(H,81,82,83)(H,84,85,86)(H,87,88,89)(H,90,91,92)/b68-66?,69-67?,72-70-,73-71?. The molecule has 0 saturated heterocycles. The molecule has 0 aliphatic carbocycles. The second kappa shape index (κ2) is 39.4. The van der Waals surface area contributed by atoms with Crippen LogP contribution in [0.4, 0.5) is 61.7 Å². The summed E-state index contributed by atoms with van der Waals surface area (Å²) in [4.78, 5) is 14.2. The largest absolute Gasteiger partial charge is 0.494 e. The van der Waals surface area contributed by atoms with Crippen LogP contribution in [0.2, 0.25) is 0 Å². The minimum atomic E-state index is -4.45. The van der Waals surface area contributed by atoms with Gasteiger partial charge >= 0.3 is 6.03 Å². The molecular weight excluding hydrogens is 1520 g/mol. The van der Waals surface area contributed by atoms with E-state index in [1.165, 1.54) is 72.8 Å². The summed E-state index contributed by atoms with van der Waals surface area (Å²) >= 11 is 0. The zero-order valence-electron chi connectivity index (χ0n) is 58.0. The van der Waals surface area contributed by atoms with Crippen molar-refractivity contribution in [3.8, 4) is 46.0 Å². The van der Waals surface area contributed by atoms with E-state index in [2.05, 4.69) is 51.5 Å². The molecule has 0 unspecified atom stereocenters. The Bertz CT molecular complexity index is 4630. The Balaban J connectivity index is 1.34. The molecule has 0 heterocycles. The van der Waals surface area contributed by atoms with Gasteiger partial charge in [0.1, 0.15) is 68.7 Å². The van der Waals surface area contributed by atoms with Crippen LogP contribution in [-0.4, -0.2) is 171 Å². The van der Waals surface area contributed by atoms with Gasteiger partial charge in [-0.2, -0.15) is 71.0 Å². The van der Waals surface area contributed by atoms with Crippen LogP contribution >= 0.6 is 0 Å². The van der Waals surface area contributed by atoms with Gasteiger partial charge in [0.05, 0.1) is 121 Å². The van der Waals surface area contributed by atoms with Gasteiger partial charge in [0.2, 0.25) is 0 Å². The first-order valence-corrected chi connectivity index (χ1v) is 41.7. The molecule has 0 saturated carbocycles. The number of hydrogen-bond acceptors (Lipinski definition) is 29. The van der Waals surface area contributed by atoms with Crippen LogP contribution in [0.1, 0.15) is 74.6 Å². The lowest BCUT2D eigenvalue weighted by Gasteiger charge is -2.17. The third-order valence-electron chi connectivity index (χ3n) is 14.0. The number of nitrogens with one attached hydrogen (secondary N) is 2. The minimum Gasteiger partial charge on any atom is -0.494 e. The summed E-state index contributed by atoms with van der Waals surface area (Å²) in [6, 6.07) is 19.8. The fraction of sp³-hybridized carbons (Fsp3) is 0.413. The molecular formula is C63H80N10O27S6. The molecule has 6 rings (SSSR count). The number of carbonyl (C=O) groups is 1. The molecule has 0 aliphatic heterocycles. The average molecular weight is 1600 g/mol. The van der Waals surface area contributed by atoms with Crippen molar-refractivity contribution in [3.05, 3.63) is 107 Å². The molecule has 2 amide bonds.